The zero-order chi connectivity index (χ0) is 16.2. The van der Waals surface area contributed by atoms with Crippen molar-refractivity contribution in [2.75, 3.05) is 11.0 Å². The summed E-state index contributed by atoms with van der Waals surface area (Å²) in [5, 5.41) is 0. The monoisotopic (exact) mass is 322 g/mol. The van der Waals surface area contributed by atoms with Crippen molar-refractivity contribution in [3.8, 4) is 5.75 Å². The normalized spacial score (nSPS) is 12.5. The van der Waals surface area contributed by atoms with Crippen LogP contribution in [-0.4, -0.2) is 26.9 Å². The van der Waals surface area contributed by atoms with Gasteiger partial charge in [0.2, 0.25) is 0 Å². The first-order valence-corrected chi connectivity index (χ1v) is 8.18. The minimum atomic E-state index is -1.23. The minimum absolute atomic E-state index is 0.447. The van der Waals surface area contributed by atoms with Crippen LogP contribution in [0, 0.1) is 0 Å². The van der Waals surface area contributed by atoms with Crippen molar-refractivity contribution >= 4 is 22.8 Å². The SMILES string of the molecule is CS(=O)Nc1ccccc1OC(C)(C)OC(=O)n1cccc1. The topological polar surface area (TPSA) is 69.6 Å². The molecule has 0 radical (unpaired) electrons. The standard InChI is InChI=1S/C15H18N2O4S/c1-15(2,21-14(18)17-10-6-7-11-17)20-13-9-5-4-8-12(13)16-22(3)19/h4-11,16H,1-3H3. The number of hydrogen-bond donors (Lipinski definition) is 1. The highest BCUT2D eigenvalue weighted by Crippen LogP contribution is 2.28. The van der Waals surface area contributed by atoms with Crippen molar-refractivity contribution in [3.63, 3.8) is 0 Å². The molecule has 1 aromatic heterocycles. The molecule has 1 heterocycles. The van der Waals surface area contributed by atoms with Crippen LogP contribution in [0.1, 0.15) is 13.8 Å². The molecule has 1 N–H and O–H groups in total. The van der Waals surface area contributed by atoms with Gasteiger partial charge in [0.1, 0.15) is 16.7 Å². The second kappa shape index (κ2) is 6.65. The summed E-state index contributed by atoms with van der Waals surface area (Å²) >= 11 is 0. The molecule has 1 unspecified atom stereocenters. The lowest BCUT2D eigenvalue weighted by Gasteiger charge is -2.27. The fourth-order valence-electron chi connectivity index (χ4n) is 1.80. The second-order valence-electron chi connectivity index (χ2n) is 5.01. The van der Waals surface area contributed by atoms with Crippen LogP contribution in [-0.2, 0) is 15.7 Å². The lowest BCUT2D eigenvalue weighted by atomic mass is 10.3. The molecule has 0 bridgehead atoms. The number of rotatable bonds is 5. The van der Waals surface area contributed by atoms with Crippen molar-refractivity contribution in [2.24, 2.45) is 0 Å². The number of hydrogen-bond acceptors (Lipinski definition) is 4. The highest BCUT2D eigenvalue weighted by Gasteiger charge is 2.26. The summed E-state index contributed by atoms with van der Waals surface area (Å²) in [5.41, 5.74) is 0.563. The number of anilines is 1. The van der Waals surface area contributed by atoms with E-state index in [2.05, 4.69) is 4.72 Å². The van der Waals surface area contributed by atoms with E-state index in [1.807, 2.05) is 0 Å². The molecule has 0 spiro atoms. The van der Waals surface area contributed by atoms with Crippen LogP contribution in [0.4, 0.5) is 10.5 Å². The fraction of sp³-hybridized carbons (Fsp3) is 0.267. The molecule has 22 heavy (non-hydrogen) atoms. The van der Waals surface area contributed by atoms with E-state index in [9.17, 15) is 9.00 Å². The Labute approximate surface area is 131 Å². The first-order chi connectivity index (χ1) is 10.4. The Morgan fingerprint density at radius 2 is 1.82 bits per heavy atom. The summed E-state index contributed by atoms with van der Waals surface area (Å²) in [4.78, 5) is 12.0. The van der Waals surface area contributed by atoms with Crippen molar-refractivity contribution in [3.05, 3.63) is 48.8 Å². The molecule has 0 aliphatic heterocycles. The quantitative estimate of drug-likeness (QED) is 0.859. The summed E-state index contributed by atoms with van der Waals surface area (Å²) in [6.45, 7) is 3.27. The van der Waals surface area contributed by atoms with Crippen molar-refractivity contribution < 1.29 is 18.5 Å². The van der Waals surface area contributed by atoms with Gasteiger partial charge in [0.05, 0.1) is 5.69 Å². The molecule has 6 nitrogen and oxygen atoms in total. The second-order valence-corrected chi connectivity index (χ2v) is 6.12. The van der Waals surface area contributed by atoms with E-state index < -0.39 is 22.9 Å². The summed E-state index contributed by atoms with van der Waals surface area (Å²) in [5.74, 6) is -0.739. The van der Waals surface area contributed by atoms with E-state index >= 15 is 0 Å². The van der Waals surface area contributed by atoms with E-state index in [1.54, 1.807) is 62.6 Å². The molecule has 0 amide bonds. The average Bonchev–Trinajstić information content (AvgIpc) is 2.93. The van der Waals surface area contributed by atoms with Crippen LogP contribution < -0.4 is 9.46 Å². The third-order valence-electron chi connectivity index (χ3n) is 2.64. The van der Waals surface area contributed by atoms with Crippen LogP contribution in [0.2, 0.25) is 0 Å². The Bertz CT molecular complexity index is 668. The van der Waals surface area contributed by atoms with Crippen LogP contribution in [0.25, 0.3) is 0 Å². The number of carbonyl (C=O) groups is 1. The highest BCUT2D eigenvalue weighted by atomic mass is 32.2. The van der Waals surface area contributed by atoms with E-state index in [1.165, 1.54) is 10.8 Å². The number of benzene rings is 1. The average molecular weight is 322 g/mol. The van der Waals surface area contributed by atoms with Gasteiger partial charge in [-0.1, -0.05) is 12.1 Å². The molecule has 0 saturated heterocycles. The van der Waals surface area contributed by atoms with Crippen LogP contribution in [0.5, 0.6) is 5.75 Å². The van der Waals surface area contributed by atoms with Gasteiger partial charge in [-0.3, -0.25) is 4.57 Å². The molecule has 2 rings (SSSR count). The Morgan fingerprint density at radius 3 is 2.45 bits per heavy atom. The number of para-hydroxylation sites is 2. The van der Waals surface area contributed by atoms with Gasteiger partial charge in [-0.15, -0.1) is 0 Å². The smallest absolute Gasteiger partial charge is 0.421 e. The summed E-state index contributed by atoms with van der Waals surface area (Å²) in [7, 11) is -1.23. The molecule has 118 valence electrons. The van der Waals surface area contributed by atoms with Crippen molar-refractivity contribution in [2.45, 2.75) is 19.6 Å². The maximum atomic E-state index is 12.0. The summed E-state index contributed by atoms with van der Waals surface area (Å²) in [6.07, 6.45) is 4.16. The molecular formula is C15H18N2O4S. The predicted molar refractivity (Wildman–Crippen MR) is 85.1 cm³/mol. The third-order valence-corrected chi connectivity index (χ3v) is 3.15. The van der Waals surface area contributed by atoms with Crippen LogP contribution in [0.3, 0.4) is 0 Å². The largest absolute Gasteiger partial charge is 0.451 e. The Morgan fingerprint density at radius 1 is 1.18 bits per heavy atom. The van der Waals surface area contributed by atoms with E-state index in [0.717, 1.165) is 0 Å². The number of ether oxygens (including phenoxy) is 2. The van der Waals surface area contributed by atoms with Gasteiger partial charge in [-0.2, -0.15) is 0 Å². The molecule has 0 saturated carbocycles. The Kier molecular flexibility index (Phi) is 4.87. The molecule has 0 aliphatic rings. The van der Waals surface area contributed by atoms with E-state index in [-0.39, 0.29) is 0 Å². The first-order valence-electron chi connectivity index (χ1n) is 6.62. The minimum Gasteiger partial charge on any atom is -0.451 e. The van der Waals surface area contributed by atoms with E-state index in [0.29, 0.717) is 11.4 Å². The third kappa shape index (κ3) is 4.36. The lowest BCUT2D eigenvalue weighted by Crippen LogP contribution is -2.36. The number of nitrogens with zero attached hydrogens (tertiary/aromatic N) is 1. The number of nitrogens with one attached hydrogen (secondary N) is 1. The molecule has 1 atom stereocenters. The molecular weight excluding hydrogens is 304 g/mol. The maximum absolute atomic E-state index is 12.0. The van der Waals surface area contributed by atoms with Gasteiger partial charge in [-0.05, 0) is 24.3 Å². The van der Waals surface area contributed by atoms with Gasteiger partial charge >= 0.3 is 6.09 Å². The lowest BCUT2D eigenvalue weighted by molar-refractivity contribution is -0.109. The number of carbonyl (C=O) groups excluding carboxylic acids is 1. The molecule has 7 heteroatoms. The molecule has 0 aliphatic carbocycles. The van der Waals surface area contributed by atoms with Gasteiger partial charge in [-0.25, -0.2) is 9.00 Å². The summed E-state index contributed by atoms with van der Waals surface area (Å²) < 4.78 is 26.5. The van der Waals surface area contributed by atoms with Crippen molar-refractivity contribution in [1.82, 2.24) is 4.57 Å². The van der Waals surface area contributed by atoms with Gasteiger partial charge in [0, 0.05) is 32.5 Å². The first kappa shape index (κ1) is 16.1. The molecule has 1 aromatic carbocycles. The zero-order valence-corrected chi connectivity index (χ0v) is 13.4. The van der Waals surface area contributed by atoms with Crippen molar-refractivity contribution in [1.29, 1.82) is 0 Å². The highest BCUT2D eigenvalue weighted by molar-refractivity contribution is 7.85. The molecule has 2 aromatic rings. The van der Waals surface area contributed by atoms with Gasteiger partial charge in [0.15, 0.2) is 0 Å². The maximum Gasteiger partial charge on any atom is 0.421 e. The fourth-order valence-corrected chi connectivity index (χ4v) is 2.28. The zero-order valence-electron chi connectivity index (χ0n) is 12.6. The van der Waals surface area contributed by atoms with Crippen LogP contribution in [0.15, 0.2) is 48.8 Å². The van der Waals surface area contributed by atoms with Gasteiger partial charge in [0.25, 0.3) is 5.79 Å². The predicted octanol–water partition coefficient (Wildman–Crippen LogP) is 2.99. The molecule has 0 fully saturated rings. The van der Waals surface area contributed by atoms with Gasteiger partial charge < -0.3 is 14.2 Å². The van der Waals surface area contributed by atoms with E-state index in [4.69, 9.17) is 9.47 Å². The van der Waals surface area contributed by atoms with Crippen LogP contribution >= 0.6 is 0 Å². The Balaban J connectivity index is 2.11. The summed E-state index contributed by atoms with van der Waals surface area (Å²) in [6, 6.07) is 10.5. The Hall–Kier alpha value is -2.28. The number of aromatic nitrogens is 1.